The summed E-state index contributed by atoms with van der Waals surface area (Å²) in [5.74, 6) is 0. The zero-order valence-electron chi connectivity index (χ0n) is 5.35. The molecular weight excluding hydrogens is 102 g/mol. The molecule has 3 nitrogen and oxygen atoms in total. The Kier molecular flexibility index (Phi) is 4.95. The van der Waals surface area contributed by atoms with Gasteiger partial charge in [0, 0.05) is 25.7 Å². The van der Waals surface area contributed by atoms with Crippen LogP contribution in [-0.2, 0) is 0 Å². The first kappa shape index (κ1) is 7.88. The largest absolute Gasteiger partial charge is 0.329 e. The van der Waals surface area contributed by atoms with Gasteiger partial charge in [-0.2, -0.15) is 0 Å². The molecule has 5 N–H and O–H groups in total. The van der Waals surface area contributed by atoms with Crippen molar-refractivity contribution in [2.75, 3.05) is 19.6 Å². The lowest BCUT2D eigenvalue weighted by molar-refractivity contribution is 0.613. The van der Waals surface area contributed by atoms with Crippen molar-refractivity contribution in [1.82, 2.24) is 5.32 Å². The van der Waals surface area contributed by atoms with Crippen molar-refractivity contribution >= 4 is 0 Å². The monoisotopic (exact) mass is 117 g/mol. The summed E-state index contributed by atoms with van der Waals surface area (Å²) in [7, 11) is 0. The van der Waals surface area contributed by atoms with Crippen LogP contribution in [0, 0.1) is 0 Å². The van der Waals surface area contributed by atoms with Gasteiger partial charge in [-0.1, -0.05) is 0 Å². The molecule has 8 heavy (non-hydrogen) atoms. The molecule has 0 radical (unpaired) electrons. The van der Waals surface area contributed by atoms with Crippen molar-refractivity contribution in [1.29, 1.82) is 0 Å². The van der Waals surface area contributed by atoms with E-state index in [0.717, 1.165) is 13.1 Å². The highest BCUT2D eigenvalue weighted by molar-refractivity contribution is 4.56. The molecule has 0 aromatic heterocycles. The van der Waals surface area contributed by atoms with E-state index in [0.29, 0.717) is 6.54 Å². The molecule has 0 fully saturated rings. The smallest absolute Gasteiger partial charge is 0.0136 e. The molecule has 0 saturated heterocycles. The molecule has 0 amide bonds. The molecule has 0 heterocycles. The van der Waals surface area contributed by atoms with E-state index < -0.39 is 0 Å². The molecule has 0 rings (SSSR count). The predicted octanol–water partition coefficient (Wildman–Crippen LogP) is -1.12. The first-order valence-electron chi connectivity index (χ1n) is 2.93. The molecule has 1 unspecified atom stereocenters. The van der Waals surface area contributed by atoms with Gasteiger partial charge < -0.3 is 16.8 Å². The second kappa shape index (κ2) is 5.03. The molecule has 1 atom stereocenters. The van der Waals surface area contributed by atoms with Gasteiger partial charge in [-0.3, -0.25) is 0 Å². The average Bonchev–Trinajstić information content (AvgIpc) is 1.66. The minimum Gasteiger partial charge on any atom is -0.329 e. The van der Waals surface area contributed by atoms with Gasteiger partial charge in [0.15, 0.2) is 0 Å². The third-order valence-electron chi connectivity index (χ3n) is 0.787. The van der Waals surface area contributed by atoms with Gasteiger partial charge in [-0.15, -0.1) is 0 Å². The summed E-state index contributed by atoms with van der Waals surface area (Å²) >= 11 is 0. The Morgan fingerprint density at radius 3 is 2.62 bits per heavy atom. The van der Waals surface area contributed by atoms with Crippen LogP contribution in [0.2, 0.25) is 0 Å². The maximum absolute atomic E-state index is 5.43. The van der Waals surface area contributed by atoms with Gasteiger partial charge in [0.1, 0.15) is 0 Å². The zero-order valence-corrected chi connectivity index (χ0v) is 5.35. The summed E-state index contributed by atoms with van der Waals surface area (Å²) in [4.78, 5) is 0. The summed E-state index contributed by atoms with van der Waals surface area (Å²) in [6.45, 7) is 4.37. The molecule has 0 aliphatic heterocycles. The summed E-state index contributed by atoms with van der Waals surface area (Å²) in [5, 5.41) is 3.08. The van der Waals surface area contributed by atoms with Crippen LogP contribution in [0.3, 0.4) is 0 Å². The molecule has 3 heteroatoms. The maximum Gasteiger partial charge on any atom is 0.0136 e. The van der Waals surface area contributed by atoms with Crippen LogP contribution in [0.5, 0.6) is 0 Å². The van der Waals surface area contributed by atoms with Gasteiger partial charge in [0.2, 0.25) is 0 Å². The van der Waals surface area contributed by atoms with E-state index in [4.69, 9.17) is 11.5 Å². The van der Waals surface area contributed by atoms with Crippen molar-refractivity contribution in [2.24, 2.45) is 11.5 Å². The highest BCUT2D eigenvalue weighted by atomic mass is 14.9. The first-order chi connectivity index (χ1) is 3.77. The van der Waals surface area contributed by atoms with Crippen molar-refractivity contribution in [3.05, 3.63) is 0 Å². The molecular formula is C5H15N3. The number of rotatable bonds is 4. The number of nitrogens with two attached hydrogens (primary N) is 2. The standard InChI is InChI=1S/C5H15N3/c1-5(7)4-8-3-2-6/h5,8H,2-4,6-7H2,1H3. The minimum atomic E-state index is 0.238. The second-order valence-corrected chi connectivity index (χ2v) is 1.97. The first-order valence-corrected chi connectivity index (χ1v) is 2.93. The molecule has 0 bridgehead atoms. The van der Waals surface area contributed by atoms with Crippen LogP contribution in [-0.4, -0.2) is 25.7 Å². The molecule has 0 aromatic rings. The van der Waals surface area contributed by atoms with Crippen molar-refractivity contribution in [3.8, 4) is 0 Å². The van der Waals surface area contributed by atoms with Gasteiger partial charge >= 0.3 is 0 Å². The Bertz CT molecular complexity index is 44.9. The van der Waals surface area contributed by atoms with Crippen molar-refractivity contribution in [3.63, 3.8) is 0 Å². The minimum absolute atomic E-state index is 0.238. The topological polar surface area (TPSA) is 64.1 Å². The Morgan fingerprint density at radius 2 is 2.25 bits per heavy atom. The van der Waals surface area contributed by atoms with Crippen LogP contribution >= 0.6 is 0 Å². The van der Waals surface area contributed by atoms with E-state index >= 15 is 0 Å². The molecule has 0 saturated carbocycles. The highest BCUT2D eigenvalue weighted by Gasteiger charge is 1.88. The van der Waals surface area contributed by atoms with E-state index in [2.05, 4.69) is 5.32 Å². The molecule has 0 aromatic carbocycles. The Morgan fingerprint density at radius 1 is 1.62 bits per heavy atom. The maximum atomic E-state index is 5.43. The molecule has 0 spiro atoms. The van der Waals surface area contributed by atoms with Crippen molar-refractivity contribution in [2.45, 2.75) is 13.0 Å². The highest BCUT2D eigenvalue weighted by Crippen LogP contribution is 1.66. The van der Waals surface area contributed by atoms with Crippen LogP contribution in [0.25, 0.3) is 0 Å². The Balaban J connectivity index is 2.72. The lowest BCUT2D eigenvalue weighted by Gasteiger charge is -2.04. The van der Waals surface area contributed by atoms with Crippen LogP contribution in [0.15, 0.2) is 0 Å². The average molecular weight is 117 g/mol. The van der Waals surface area contributed by atoms with E-state index in [1.165, 1.54) is 0 Å². The lowest BCUT2D eigenvalue weighted by Crippen LogP contribution is -2.33. The van der Waals surface area contributed by atoms with E-state index in [-0.39, 0.29) is 6.04 Å². The number of hydrogen-bond acceptors (Lipinski definition) is 3. The summed E-state index contributed by atoms with van der Waals surface area (Å²) in [6, 6.07) is 0.238. The van der Waals surface area contributed by atoms with Crippen molar-refractivity contribution < 1.29 is 0 Å². The van der Waals surface area contributed by atoms with Crippen LogP contribution < -0.4 is 16.8 Å². The quantitative estimate of drug-likeness (QED) is 0.409. The number of hydrogen-bond donors (Lipinski definition) is 3. The van der Waals surface area contributed by atoms with Crippen LogP contribution in [0.4, 0.5) is 0 Å². The van der Waals surface area contributed by atoms with Gasteiger partial charge in [0.25, 0.3) is 0 Å². The van der Waals surface area contributed by atoms with Gasteiger partial charge in [0.05, 0.1) is 0 Å². The fourth-order valence-electron chi connectivity index (χ4n) is 0.432. The molecule has 0 aliphatic rings. The Labute approximate surface area is 50.4 Å². The third kappa shape index (κ3) is 5.88. The fourth-order valence-corrected chi connectivity index (χ4v) is 0.432. The SMILES string of the molecule is CC(N)CNCCN. The third-order valence-corrected chi connectivity index (χ3v) is 0.787. The molecule has 0 aliphatic carbocycles. The summed E-state index contributed by atoms with van der Waals surface area (Å²) in [5.41, 5.74) is 10.6. The summed E-state index contributed by atoms with van der Waals surface area (Å²) < 4.78 is 0. The summed E-state index contributed by atoms with van der Waals surface area (Å²) in [6.07, 6.45) is 0. The van der Waals surface area contributed by atoms with Gasteiger partial charge in [-0.05, 0) is 6.92 Å². The fraction of sp³-hybridized carbons (Fsp3) is 1.00. The lowest BCUT2D eigenvalue weighted by atomic mass is 10.4. The van der Waals surface area contributed by atoms with E-state index in [1.54, 1.807) is 0 Å². The molecule has 50 valence electrons. The zero-order chi connectivity index (χ0) is 6.41. The van der Waals surface area contributed by atoms with E-state index in [9.17, 15) is 0 Å². The van der Waals surface area contributed by atoms with E-state index in [1.807, 2.05) is 6.92 Å². The number of nitrogens with one attached hydrogen (secondary N) is 1. The second-order valence-electron chi connectivity index (χ2n) is 1.97. The van der Waals surface area contributed by atoms with Gasteiger partial charge in [-0.25, -0.2) is 0 Å². The predicted molar refractivity (Wildman–Crippen MR) is 35.6 cm³/mol. The Hall–Kier alpha value is -0.120. The van der Waals surface area contributed by atoms with Crippen LogP contribution in [0.1, 0.15) is 6.92 Å². The normalized spacial score (nSPS) is 13.9.